The predicted octanol–water partition coefficient (Wildman–Crippen LogP) is 0.904. The van der Waals surface area contributed by atoms with E-state index in [0.29, 0.717) is 0 Å². The van der Waals surface area contributed by atoms with Crippen molar-refractivity contribution < 1.29 is 19.8 Å². The number of aliphatic hydroxyl groups is 1. The maximum Gasteiger partial charge on any atom is 0.328 e. The Morgan fingerprint density at radius 3 is 2.41 bits per heavy atom. The van der Waals surface area contributed by atoms with Gasteiger partial charge in [0.1, 0.15) is 0 Å². The average Bonchev–Trinajstić information content (AvgIpc) is 2.25. The fourth-order valence-corrected chi connectivity index (χ4v) is 1.47. The van der Waals surface area contributed by atoms with Gasteiger partial charge in [-0.15, -0.1) is 0 Å². The van der Waals surface area contributed by atoms with Crippen LogP contribution in [0, 0.1) is 0 Å². The van der Waals surface area contributed by atoms with E-state index < -0.39 is 24.0 Å². The zero-order valence-corrected chi connectivity index (χ0v) is 9.81. The second-order valence-electron chi connectivity index (χ2n) is 3.51. The molecular weight excluding hydrogens is 246 g/mol. The first-order valence-corrected chi connectivity index (χ1v) is 5.27. The molecule has 1 aromatic carbocycles. The Balaban J connectivity index is 2.85. The average molecular weight is 258 g/mol. The van der Waals surface area contributed by atoms with Gasteiger partial charge in [0, 0.05) is 0 Å². The van der Waals surface area contributed by atoms with Crippen LogP contribution in [-0.4, -0.2) is 34.2 Å². The van der Waals surface area contributed by atoms with Gasteiger partial charge < -0.3 is 15.5 Å². The summed E-state index contributed by atoms with van der Waals surface area (Å²) in [6.45, 7) is 1.28. The summed E-state index contributed by atoms with van der Waals surface area (Å²) >= 11 is 5.79. The van der Waals surface area contributed by atoms with Crippen LogP contribution in [0.1, 0.15) is 17.3 Å². The number of hydrogen-bond acceptors (Lipinski definition) is 3. The molecule has 6 heteroatoms. The Bertz CT molecular complexity index is 433. The summed E-state index contributed by atoms with van der Waals surface area (Å²) in [4.78, 5) is 22.5. The number of halogens is 1. The fourth-order valence-electron chi connectivity index (χ4n) is 1.25. The van der Waals surface area contributed by atoms with Crippen molar-refractivity contribution in [2.75, 3.05) is 0 Å². The van der Waals surface area contributed by atoms with Gasteiger partial charge in [-0.25, -0.2) is 4.79 Å². The lowest BCUT2D eigenvalue weighted by atomic mass is 10.1. The smallest absolute Gasteiger partial charge is 0.328 e. The molecule has 0 heterocycles. The minimum Gasteiger partial charge on any atom is -0.480 e. The van der Waals surface area contributed by atoms with Gasteiger partial charge in [-0.05, 0) is 19.1 Å². The normalized spacial score (nSPS) is 13.8. The van der Waals surface area contributed by atoms with Crippen molar-refractivity contribution in [3.8, 4) is 0 Å². The molecule has 0 spiro atoms. The number of rotatable bonds is 4. The van der Waals surface area contributed by atoms with Crippen molar-refractivity contribution in [1.82, 2.24) is 5.32 Å². The Labute approximate surface area is 103 Å². The van der Waals surface area contributed by atoms with Gasteiger partial charge in [0.15, 0.2) is 6.04 Å². The van der Waals surface area contributed by atoms with E-state index in [1.54, 1.807) is 12.1 Å². The maximum atomic E-state index is 11.7. The number of benzene rings is 1. The first-order chi connectivity index (χ1) is 7.93. The molecule has 0 unspecified atom stereocenters. The zero-order chi connectivity index (χ0) is 13.0. The molecule has 5 nitrogen and oxygen atoms in total. The maximum absolute atomic E-state index is 11.7. The number of carboxylic acid groups (broad SMARTS) is 1. The quantitative estimate of drug-likeness (QED) is 0.748. The third-order valence-corrected chi connectivity index (χ3v) is 2.48. The first-order valence-electron chi connectivity index (χ1n) is 4.89. The summed E-state index contributed by atoms with van der Waals surface area (Å²) in [7, 11) is 0. The number of amides is 1. The summed E-state index contributed by atoms with van der Waals surface area (Å²) in [6.07, 6.45) is -1.20. The lowest BCUT2D eigenvalue weighted by Gasteiger charge is -2.17. The number of carboxylic acids is 1. The van der Waals surface area contributed by atoms with Crippen LogP contribution in [0.5, 0.6) is 0 Å². The van der Waals surface area contributed by atoms with Crippen LogP contribution in [0.4, 0.5) is 0 Å². The summed E-state index contributed by atoms with van der Waals surface area (Å²) in [5.41, 5.74) is 0.168. The number of hydrogen-bond donors (Lipinski definition) is 3. The minimum absolute atomic E-state index is 0.168. The molecular formula is C11H12ClNO4. The highest BCUT2D eigenvalue weighted by molar-refractivity contribution is 6.33. The van der Waals surface area contributed by atoms with E-state index in [4.69, 9.17) is 16.7 Å². The Morgan fingerprint density at radius 2 is 1.94 bits per heavy atom. The van der Waals surface area contributed by atoms with Crippen LogP contribution >= 0.6 is 11.6 Å². The molecule has 0 bridgehead atoms. The van der Waals surface area contributed by atoms with E-state index in [0.717, 1.165) is 0 Å². The van der Waals surface area contributed by atoms with Gasteiger partial charge in [0.05, 0.1) is 16.7 Å². The number of carbonyl (C=O) groups is 2. The van der Waals surface area contributed by atoms with Crippen molar-refractivity contribution in [3.05, 3.63) is 34.9 Å². The van der Waals surface area contributed by atoms with Crippen molar-refractivity contribution in [2.45, 2.75) is 19.1 Å². The van der Waals surface area contributed by atoms with Crippen LogP contribution in [0.25, 0.3) is 0 Å². The van der Waals surface area contributed by atoms with Crippen molar-refractivity contribution in [2.24, 2.45) is 0 Å². The van der Waals surface area contributed by atoms with Gasteiger partial charge >= 0.3 is 5.97 Å². The summed E-state index contributed by atoms with van der Waals surface area (Å²) in [6, 6.07) is 4.90. The van der Waals surface area contributed by atoms with Gasteiger partial charge in [0.25, 0.3) is 5.91 Å². The van der Waals surface area contributed by atoms with Gasteiger partial charge in [0.2, 0.25) is 0 Å². The summed E-state index contributed by atoms with van der Waals surface area (Å²) in [5.74, 6) is -1.94. The van der Waals surface area contributed by atoms with E-state index >= 15 is 0 Å². The second-order valence-corrected chi connectivity index (χ2v) is 3.92. The predicted molar refractivity (Wildman–Crippen MR) is 62.0 cm³/mol. The molecule has 0 saturated heterocycles. The molecule has 0 aliphatic heterocycles. The fraction of sp³-hybridized carbons (Fsp3) is 0.273. The van der Waals surface area contributed by atoms with E-state index in [1.165, 1.54) is 19.1 Å². The Hall–Kier alpha value is -1.59. The molecule has 0 aliphatic carbocycles. The highest BCUT2D eigenvalue weighted by Gasteiger charge is 2.25. The summed E-state index contributed by atoms with van der Waals surface area (Å²) < 4.78 is 0. The number of carbonyl (C=O) groups excluding carboxylic acids is 1. The number of aliphatic hydroxyl groups excluding tert-OH is 1. The van der Waals surface area contributed by atoms with Crippen LogP contribution in [0.15, 0.2) is 24.3 Å². The number of aliphatic carboxylic acids is 1. The highest BCUT2D eigenvalue weighted by Crippen LogP contribution is 2.14. The van der Waals surface area contributed by atoms with Crippen LogP contribution in [-0.2, 0) is 4.79 Å². The van der Waals surface area contributed by atoms with E-state index in [1.807, 2.05) is 0 Å². The van der Waals surface area contributed by atoms with E-state index in [9.17, 15) is 14.7 Å². The second kappa shape index (κ2) is 5.65. The van der Waals surface area contributed by atoms with Gasteiger partial charge in [-0.3, -0.25) is 4.79 Å². The van der Waals surface area contributed by atoms with Crippen molar-refractivity contribution in [3.63, 3.8) is 0 Å². The molecule has 17 heavy (non-hydrogen) atoms. The molecule has 0 aromatic heterocycles. The molecule has 1 rings (SSSR count). The van der Waals surface area contributed by atoms with E-state index in [2.05, 4.69) is 5.32 Å². The Kier molecular flexibility index (Phi) is 4.48. The molecule has 0 aliphatic rings. The molecule has 1 aromatic rings. The third-order valence-electron chi connectivity index (χ3n) is 2.15. The SMILES string of the molecule is C[C@@H](O)[C@H](NC(=O)c1ccccc1Cl)C(=O)O. The van der Waals surface area contributed by atoms with Crippen LogP contribution < -0.4 is 5.32 Å². The highest BCUT2D eigenvalue weighted by atomic mass is 35.5. The lowest BCUT2D eigenvalue weighted by Crippen LogP contribution is -2.47. The van der Waals surface area contributed by atoms with Gasteiger partial charge in [-0.2, -0.15) is 0 Å². The molecule has 3 N–H and O–H groups in total. The third kappa shape index (κ3) is 3.44. The Morgan fingerprint density at radius 1 is 1.35 bits per heavy atom. The first kappa shape index (κ1) is 13.5. The van der Waals surface area contributed by atoms with Crippen LogP contribution in [0.2, 0.25) is 5.02 Å². The lowest BCUT2D eigenvalue weighted by molar-refractivity contribution is -0.141. The molecule has 1 amide bonds. The van der Waals surface area contributed by atoms with Crippen molar-refractivity contribution >= 4 is 23.5 Å². The molecule has 0 radical (unpaired) electrons. The standard InChI is InChI=1S/C11H12ClNO4/c1-6(14)9(11(16)17)13-10(15)7-4-2-3-5-8(7)12/h2-6,9,14H,1H3,(H,13,15)(H,16,17)/t6-,9+/m1/s1. The largest absolute Gasteiger partial charge is 0.480 e. The van der Waals surface area contributed by atoms with Crippen LogP contribution in [0.3, 0.4) is 0 Å². The van der Waals surface area contributed by atoms with Crippen molar-refractivity contribution in [1.29, 1.82) is 0 Å². The number of nitrogens with one attached hydrogen (secondary N) is 1. The molecule has 2 atom stereocenters. The summed E-state index contributed by atoms with van der Waals surface area (Å²) in [5, 5.41) is 20.4. The molecule has 0 fully saturated rings. The molecule has 0 saturated carbocycles. The van der Waals surface area contributed by atoms with Gasteiger partial charge in [-0.1, -0.05) is 23.7 Å². The minimum atomic E-state index is -1.36. The van der Waals surface area contributed by atoms with E-state index in [-0.39, 0.29) is 10.6 Å². The monoisotopic (exact) mass is 257 g/mol. The molecule has 92 valence electrons. The zero-order valence-electron chi connectivity index (χ0n) is 9.05. The topological polar surface area (TPSA) is 86.6 Å².